The second-order valence-electron chi connectivity index (χ2n) is 9.32. The summed E-state index contributed by atoms with van der Waals surface area (Å²) < 4.78 is 29.5. The molecule has 3 fully saturated rings. The zero-order valence-corrected chi connectivity index (χ0v) is 18.5. The first-order chi connectivity index (χ1) is 16.4. The lowest BCUT2D eigenvalue weighted by Gasteiger charge is -2.42. The number of amides is 4. The third-order valence-electron chi connectivity index (χ3n) is 6.98. The minimum absolute atomic E-state index is 0.0480. The van der Waals surface area contributed by atoms with Gasteiger partial charge in [0.2, 0.25) is 11.8 Å². The zero-order chi connectivity index (χ0) is 23.8. The highest BCUT2D eigenvalue weighted by Crippen LogP contribution is 2.37. The van der Waals surface area contributed by atoms with Crippen molar-refractivity contribution in [3.63, 3.8) is 0 Å². The average molecular weight is 469 g/mol. The van der Waals surface area contributed by atoms with E-state index in [0.717, 1.165) is 12.8 Å². The minimum Gasteiger partial charge on any atom is -0.367 e. The normalized spacial score (nSPS) is 24.6. The van der Waals surface area contributed by atoms with Crippen LogP contribution in [0.1, 0.15) is 48.6 Å². The van der Waals surface area contributed by atoms with Crippen molar-refractivity contribution in [1.82, 2.24) is 16.0 Å². The molecular formula is C25H26F2N4O3. The summed E-state index contributed by atoms with van der Waals surface area (Å²) in [6, 6.07) is 12.4. The van der Waals surface area contributed by atoms with Gasteiger partial charge < -0.3 is 15.5 Å². The van der Waals surface area contributed by atoms with Gasteiger partial charge in [0.1, 0.15) is 11.6 Å². The van der Waals surface area contributed by atoms with E-state index in [2.05, 4.69) is 28.1 Å². The van der Waals surface area contributed by atoms with Crippen LogP contribution >= 0.6 is 0 Å². The van der Waals surface area contributed by atoms with Gasteiger partial charge in [-0.05, 0) is 42.9 Å². The van der Waals surface area contributed by atoms with Crippen molar-refractivity contribution in [3.05, 3.63) is 65.2 Å². The minimum atomic E-state index is -1.02. The first-order valence-corrected chi connectivity index (χ1v) is 11.6. The van der Waals surface area contributed by atoms with Gasteiger partial charge in [0.05, 0.1) is 12.0 Å². The van der Waals surface area contributed by atoms with Crippen LogP contribution in [0.5, 0.6) is 0 Å². The summed E-state index contributed by atoms with van der Waals surface area (Å²) >= 11 is 0. The van der Waals surface area contributed by atoms with Gasteiger partial charge in [0.25, 0.3) is 0 Å². The highest BCUT2D eigenvalue weighted by molar-refractivity contribution is 6.01. The molecule has 1 aliphatic carbocycles. The van der Waals surface area contributed by atoms with E-state index in [4.69, 9.17) is 0 Å². The van der Waals surface area contributed by atoms with Gasteiger partial charge >= 0.3 is 6.03 Å². The van der Waals surface area contributed by atoms with E-state index < -0.39 is 29.4 Å². The molecule has 0 aromatic heterocycles. The second kappa shape index (κ2) is 9.04. The van der Waals surface area contributed by atoms with Gasteiger partial charge in [0.15, 0.2) is 0 Å². The molecule has 2 saturated heterocycles. The van der Waals surface area contributed by atoms with Crippen LogP contribution in [0.2, 0.25) is 0 Å². The molecule has 0 bridgehead atoms. The largest absolute Gasteiger partial charge is 0.367 e. The van der Waals surface area contributed by atoms with Crippen LogP contribution in [0.3, 0.4) is 0 Å². The van der Waals surface area contributed by atoms with E-state index in [1.165, 1.54) is 17.7 Å². The van der Waals surface area contributed by atoms with E-state index in [1.807, 2.05) is 18.2 Å². The van der Waals surface area contributed by atoms with E-state index in [-0.39, 0.29) is 36.5 Å². The SMILES string of the molecule is O=C1CCC(c2c(F)cc(N3CC(NC(=O)NC4CC(c5ccccc5)C4)C3)cc2F)C(=O)N1. The molecule has 4 amide bonds. The number of carbonyl (C=O) groups excluding carboxylic acids is 3. The Morgan fingerprint density at radius 2 is 1.62 bits per heavy atom. The quantitative estimate of drug-likeness (QED) is 0.589. The molecule has 2 heterocycles. The number of piperidine rings is 1. The molecule has 0 spiro atoms. The summed E-state index contributed by atoms with van der Waals surface area (Å²) in [6.07, 6.45) is 1.95. The van der Waals surface area contributed by atoms with Gasteiger partial charge in [0, 0.05) is 36.8 Å². The van der Waals surface area contributed by atoms with Crippen molar-refractivity contribution in [2.45, 2.75) is 49.6 Å². The Balaban J connectivity index is 1.10. The Morgan fingerprint density at radius 3 is 2.26 bits per heavy atom. The monoisotopic (exact) mass is 468 g/mol. The lowest BCUT2D eigenvalue weighted by Crippen LogP contribution is -2.62. The number of benzene rings is 2. The predicted molar refractivity (Wildman–Crippen MR) is 121 cm³/mol. The number of nitrogens with zero attached hydrogens (tertiary/aromatic N) is 1. The van der Waals surface area contributed by atoms with Gasteiger partial charge in [-0.3, -0.25) is 14.9 Å². The van der Waals surface area contributed by atoms with Crippen LogP contribution in [0.4, 0.5) is 19.3 Å². The summed E-state index contributed by atoms with van der Waals surface area (Å²) in [5.41, 5.74) is 1.34. The maximum atomic E-state index is 14.7. The molecule has 1 saturated carbocycles. The molecule has 1 atom stereocenters. The average Bonchev–Trinajstić information content (AvgIpc) is 2.74. The van der Waals surface area contributed by atoms with Gasteiger partial charge in [-0.15, -0.1) is 0 Å². The van der Waals surface area contributed by atoms with Gasteiger partial charge in [-0.1, -0.05) is 30.3 Å². The maximum Gasteiger partial charge on any atom is 0.315 e. The van der Waals surface area contributed by atoms with E-state index in [0.29, 0.717) is 24.7 Å². The van der Waals surface area contributed by atoms with Crippen molar-refractivity contribution in [2.75, 3.05) is 18.0 Å². The molecule has 2 aromatic rings. The Kier molecular flexibility index (Phi) is 5.93. The van der Waals surface area contributed by atoms with E-state index in [1.54, 1.807) is 4.90 Å². The number of nitrogens with one attached hydrogen (secondary N) is 3. The van der Waals surface area contributed by atoms with Crippen LogP contribution in [0.25, 0.3) is 0 Å². The van der Waals surface area contributed by atoms with Crippen molar-refractivity contribution < 1.29 is 23.2 Å². The first-order valence-electron chi connectivity index (χ1n) is 11.6. The number of rotatable bonds is 5. The molecule has 7 nitrogen and oxygen atoms in total. The molecular weight excluding hydrogens is 442 g/mol. The number of halogens is 2. The fraction of sp³-hybridized carbons (Fsp3) is 0.400. The third kappa shape index (κ3) is 4.47. The number of hydrogen-bond acceptors (Lipinski definition) is 4. The fourth-order valence-electron chi connectivity index (χ4n) is 4.98. The van der Waals surface area contributed by atoms with Crippen molar-refractivity contribution in [1.29, 1.82) is 0 Å². The number of imide groups is 1. The van der Waals surface area contributed by atoms with Crippen LogP contribution in [-0.4, -0.2) is 43.0 Å². The lowest BCUT2D eigenvalue weighted by atomic mass is 9.76. The summed E-state index contributed by atoms with van der Waals surface area (Å²) in [5.74, 6) is -3.28. The van der Waals surface area contributed by atoms with Crippen LogP contribution < -0.4 is 20.9 Å². The Bertz CT molecular complexity index is 1090. The highest BCUT2D eigenvalue weighted by Gasteiger charge is 2.35. The summed E-state index contributed by atoms with van der Waals surface area (Å²) in [6.45, 7) is 0.864. The number of anilines is 1. The Morgan fingerprint density at radius 1 is 0.971 bits per heavy atom. The molecule has 9 heteroatoms. The molecule has 2 aliphatic heterocycles. The fourth-order valence-corrected chi connectivity index (χ4v) is 4.98. The maximum absolute atomic E-state index is 14.7. The number of urea groups is 1. The summed E-state index contributed by atoms with van der Waals surface area (Å²) in [4.78, 5) is 37.4. The molecule has 2 aromatic carbocycles. The standard InChI is InChI=1S/C25H26F2N4O3/c26-20-10-18(11-21(27)23(20)19-6-7-22(32)30-24(19)33)31-12-17(13-31)29-25(34)28-16-8-15(9-16)14-4-2-1-3-5-14/h1-5,10-11,15-17,19H,6-9,12-13H2,(H2,28,29,34)(H,30,32,33). The van der Waals surface area contributed by atoms with Crippen LogP contribution in [0.15, 0.2) is 42.5 Å². The Hall–Kier alpha value is -3.49. The molecule has 5 rings (SSSR count). The third-order valence-corrected chi connectivity index (χ3v) is 6.98. The predicted octanol–water partition coefficient (Wildman–Crippen LogP) is 2.92. The molecule has 34 heavy (non-hydrogen) atoms. The van der Waals surface area contributed by atoms with E-state index in [9.17, 15) is 23.2 Å². The van der Waals surface area contributed by atoms with Crippen LogP contribution in [0, 0.1) is 11.6 Å². The van der Waals surface area contributed by atoms with Gasteiger partial charge in [-0.25, -0.2) is 13.6 Å². The summed E-state index contributed by atoms with van der Waals surface area (Å²) in [5, 5.41) is 8.03. The molecule has 0 radical (unpaired) electrons. The smallest absolute Gasteiger partial charge is 0.315 e. The summed E-state index contributed by atoms with van der Waals surface area (Å²) in [7, 11) is 0. The van der Waals surface area contributed by atoms with Gasteiger partial charge in [-0.2, -0.15) is 0 Å². The molecule has 178 valence electrons. The lowest BCUT2D eigenvalue weighted by molar-refractivity contribution is -0.134. The van der Waals surface area contributed by atoms with Crippen molar-refractivity contribution in [3.8, 4) is 0 Å². The van der Waals surface area contributed by atoms with Crippen LogP contribution in [-0.2, 0) is 9.59 Å². The molecule has 3 aliphatic rings. The second-order valence-corrected chi connectivity index (χ2v) is 9.32. The van der Waals surface area contributed by atoms with E-state index >= 15 is 0 Å². The number of hydrogen-bond donors (Lipinski definition) is 3. The number of carbonyl (C=O) groups is 3. The first kappa shape index (κ1) is 22.3. The van der Waals surface area contributed by atoms with Crippen molar-refractivity contribution in [2.24, 2.45) is 0 Å². The topological polar surface area (TPSA) is 90.5 Å². The van der Waals surface area contributed by atoms with Crippen molar-refractivity contribution >= 4 is 23.5 Å². The molecule has 3 N–H and O–H groups in total. The zero-order valence-electron chi connectivity index (χ0n) is 18.5. The Labute approximate surface area is 195 Å². The molecule has 1 unspecified atom stereocenters. The highest BCUT2D eigenvalue weighted by atomic mass is 19.1.